The number of hydrogen-bond donors (Lipinski definition) is 0. The minimum Gasteiger partial charge on any atom is -0.493 e. The van der Waals surface area contributed by atoms with Crippen LogP contribution in [-0.4, -0.2) is 69.3 Å². The van der Waals surface area contributed by atoms with E-state index >= 15 is 0 Å². The molecule has 2 aromatic rings. The summed E-state index contributed by atoms with van der Waals surface area (Å²) in [5.41, 5.74) is 1.93. The van der Waals surface area contributed by atoms with Crippen LogP contribution in [0.15, 0.2) is 42.5 Å². The second-order valence-corrected chi connectivity index (χ2v) is 7.05. The Hall–Kier alpha value is -2.73. The highest BCUT2D eigenvalue weighted by molar-refractivity contribution is 5.95. The number of rotatable bonds is 8. The molecule has 1 amide bonds. The van der Waals surface area contributed by atoms with Crippen LogP contribution in [0.3, 0.4) is 0 Å². The molecule has 0 unspecified atom stereocenters. The number of ether oxygens (including phenoxy) is 3. The molecule has 1 fully saturated rings. The summed E-state index contributed by atoms with van der Waals surface area (Å²) in [6.45, 7) is 6.75. The molecule has 6 nitrogen and oxygen atoms in total. The molecule has 6 heteroatoms. The highest BCUT2D eigenvalue weighted by atomic mass is 16.5. The molecule has 1 heterocycles. The SMILES string of the molecule is CCc1ccc(OCCN2CCN(C(=O)c3ccc(OC)c(OC)c3)CC2)cc1. The normalized spacial score (nSPS) is 14.5. The summed E-state index contributed by atoms with van der Waals surface area (Å²) in [4.78, 5) is 17.0. The largest absolute Gasteiger partial charge is 0.493 e. The summed E-state index contributed by atoms with van der Waals surface area (Å²) in [5.74, 6) is 2.13. The summed E-state index contributed by atoms with van der Waals surface area (Å²) >= 11 is 0. The van der Waals surface area contributed by atoms with Crippen LogP contribution in [0, 0.1) is 0 Å². The van der Waals surface area contributed by atoms with Gasteiger partial charge in [0.1, 0.15) is 12.4 Å². The molecule has 0 bridgehead atoms. The minimum absolute atomic E-state index is 0.0258. The van der Waals surface area contributed by atoms with E-state index < -0.39 is 0 Å². The number of hydrogen-bond acceptors (Lipinski definition) is 5. The van der Waals surface area contributed by atoms with Crippen molar-refractivity contribution < 1.29 is 19.0 Å². The van der Waals surface area contributed by atoms with Crippen molar-refractivity contribution in [3.05, 3.63) is 53.6 Å². The van der Waals surface area contributed by atoms with Crippen molar-refractivity contribution in [1.82, 2.24) is 9.80 Å². The Morgan fingerprint density at radius 1 is 0.931 bits per heavy atom. The summed E-state index contributed by atoms with van der Waals surface area (Å²) in [6, 6.07) is 13.6. The molecular weight excluding hydrogens is 368 g/mol. The van der Waals surface area contributed by atoms with Crippen molar-refractivity contribution in [2.75, 3.05) is 53.6 Å². The van der Waals surface area contributed by atoms with Crippen molar-refractivity contribution in [3.8, 4) is 17.2 Å². The first-order valence-corrected chi connectivity index (χ1v) is 10.1. The van der Waals surface area contributed by atoms with Crippen LogP contribution >= 0.6 is 0 Å². The fourth-order valence-electron chi connectivity index (χ4n) is 3.44. The molecule has 2 aromatic carbocycles. The van der Waals surface area contributed by atoms with Crippen molar-refractivity contribution in [2.45, 2.75) is 13.3 Å². The maximum Gasteiger partial charge on any atom is 0.254 e. The third-order valence-electron chi connectivity index (χ3n) is 5.30. The smallest absolute Gasteiger partial charge is 0.254 e. The van der Waals surface area contributed by atoms with E-state index in [2.05, 4.69) is 24.0 Å². The molecule has 29 heavy (non-hydrogen) atoms. The fraction of sp³-hybridized carbons (Fsp3) is 0.435. The number of methoxy groups -OCH3 is 2. The van der Waals surface area contributed by atoms with Gasteiger partial charge in [0.25, 0.3) is 5.91 Å². The first-order chi connectivity index (χ1) is 14.1. The number of carbonyl (C=O) groups is 1. The van der Waals surface area contributed by atoms with E-state index in [9.17, 15) is 4.79 Å². The topological polar surface area (TPSA) is 51.2 Å². The molecule has 0 radical (unpaired) electrons. The highest BCUT2D eigenvalue weighted by Crippen LogP contribution is 2.28. The van der Waals surface area contributed by atoms with Gasteiger partial charge in [0, 0.05) is 38.3 Å². The van der Waals surface area contributed by atoms with Crippen LogP contribution in [0.4, 0.5) is 0 Å². The van der Waals surface area contributed by atoms with Gasteiger partial charge in [-0.25, -0.2) is 0 Å². The van der Waals surface area contributed by atoms with E-state index in [1.54, 1.807) is 32.4 Å². The van der Waals surface area contributed by atoms with Crippen LogP contribution in [0.5, 0.6) is 17.2 Å². The lowest BCUT2D eigenvalue weighted by Crippen LogP contribution is -2.49. The second-order valence-electron chi connectivity index (χ2n) is 7.05. The highest BCUT2D eigenvalue weighted by Gasteiger charge is 2.23. The van der Waals surface area contributed by atoms with Gasteiger partial charge in [0.05, 0.1) is 14.2 Å². The molecule has 0 aromatic heterocycles. The zero-order valence-corrected chi connectivity index (χ0v) is 17.5. The van der Waals surface area contributed by atoms with Crippen LogP contribution < -0.4 is 14.2 Å². The maximum atomic E-state index is 12.8. The Bertz CT molecular complexity index is 799. The van der Waals surface area contributed by atoms with E-state index in [0.717, 1.165) is 31.8 Å². The van der Waals surface area contributed by atoms with Crippen molar-refractivity contribution >= 4 is 5.91 Å². The molecule has 0 aliphatic carbocycles. The summed E-state index contributed by atoms with van der Waals surface area (Å²) in [5, 5.41) is 0. The zero-order chi connectivity index (χ0) is 20.6. The number of nitrogens with zero attached hydrogens (tertiary/aromatic N) is 2. The zero-order valence-electron chi connectivity index (χ0n) is 17.5. The molecule has 0 spiro atoms. The molecule has 1 aliphatic rings. The van der Waals surface area contributed by atoms with Crippen molar-refractivity contribution in [2.24, 2.45) is 0 Å². The monoisotopic (exact) mass is 398 g/mol. The van der Waals surface area contributed by atoms with E-state index in [1.165, 1.54) is 5.56 Å². The van der Waals surface area contributed by atoms with Crippen molar-refractivity contribution in [3.63, 3.8) is 0 Å². The predicted octanol–water partition coefficient (Wildman–Crippen LogP) is 3.10. The Kier molecular flexibility index (Phi) is 7.36. The van der Waals surface area contributed by atoms with E-state index in [-0.39, 0.29) is 5.91 Å². The molecule has 0 N–H and O–H groups in total. The van der Waals surface area contributed by atoms with Crippen LogP contribution in [0.25, 0.3) is 0 Å². The van der Waals surface area contributed by atoms with Gasteiger partial charge in [-0.05, 0) is 42.3 Å². The predicted molar refractivity (Wildman–Crippen MR) is 113 cm³/mol. The van der Waals surface area contributed by atoms with Gasteiger partial charge < -0.3 is 19.1 Å². The Morgan fingerprint density at radius 2 is 1.62 bits per heavy atom. The molecule has 1 saturated heterocycles. The van der Waals surface area contributed by atoms with Crippen LogP contribution in [-0.2, 0) is 6.42 Å². The minimum atomic E-state index is 0.0258. The van der Waals surface area contributed by atoms with E-state index in [4.69, 9.17) is 14.2 Å². The summed E-state index contributed by atoms with van der Waals surface area (Å²) in [7, 11) is 3.16. The first-order valence-electron chi connectivity index (χ1n) is 10.1. The lowest BCUT2D eigenvalue weighted by Gasteiger charge is -2.34. The number of carbonyl (C=O) groups excluding carboxylic acids is 1. The average molecular weight is 399 g/mol. The summed E-state index contributed by atoms with van der Waals surface area (Å²) in [6.07, 6.45) is 1.03. The molecular formula is C23H30N2O4. The van der Waals surface area contributed by atoms with Gasteiger partial charge in [-0.3, -0.25) is 9.69 Å². The number of amides is 1. The quantitative estimate of drug-likeness (QED) is 0.684. The molecule has 0 saturated carbocycles. The van der Waals surface area contributed by atoms with Gasteiger partial charge in [0.2, 0.25) is 0 Å². The Balaban J connectivity index is 1.45. The van der Waals surface area contributed by atoms with Crippen molar-refractivity contribution in [1.29, 1.82) is 0 Å². The molecule has 3 rings (SSSR count). The fourth-order valence-corrected chi connectivity index (χ4v) is 3.44. The Morgan fingerprint density at radius 3 is 2.24 bits per heavy atom. The van der Waals surface area contributed by atoms with Gasteiger partial charge in [0.15, 0.2) is 11.5 Å². The third kappa shape index (κ3) is 5.41. The van der Waals surface area contributed by atoms with Gasteiger partial charge >= 0.3 is 0 Å². The molecule has 1 aliphatic heterocycles. The molecule has 156 valence electrons. The number of piperazine rings is 1. The van der Waals surface area contributed by atoms with Gasteiger partial charge in [-0.2, -0.15) is 0 Å². The maximum absolute atomic E-state index is 12.8. The number of benzene rings is 2. The molecule has 0 atom stereocenters. The number of aryl methyl sites for hydroxylation is 1. The van der Waals surface area contributed by atoms with E-state index in [0.29, 0.717) is 36.8 Å². The van der Waals surface area contributed by atoms with Crippen LogP contribution in [0.2, 0.25) is 0 Å². The summed E-state index contributed by atoms with van der Waals surface area (Å²) < 4.78 is 16.4. The Labute approximate surface area is 173 Å². The standard InChI is InChI=1S/C23H30N2O4/c1-4-18-5-8-20(9-6-18)29-16-15-24-11-13-25(14-12-24)23(26)19-7-10-21(27-2)22(17-19)28-3/h5-10,17H,4,11-16H2,1-3H3. The lowest BCUT2D eigenvalue weighted by molar-refractivity contribution is 0.0620. The van der Waals surface area contributed by atoms with Gasteiger partial charge in [-0.1, -0.05) is 19.1 Å². The lowest BCUT2D eigenvalue weighted by atomic mass is 10.1. The second kappa shape index (κ2) is 10.2. The average Bonchev–Trinajstić information content (AvgIpc) is 2.79. The van der Waals surface area contributed by atoms with E-state index in [1.807, 2.05) is 17.0 Å². The van der Waals surface area contributed by atoms with Gasteiger partial charge in [-0.15, -0.1) is 0 Å². The van der Waals surface area contributed by atoms with Crippen LogP contribution in [0.1, 0.15) is 22.8 Å². The first kappa shape index (κ1) is 21.0. The third-order valence-corrected chi connectivity index (χ3v) is 5.30.